The molecule has 0 unspecified atom stereocenters. The number of hydrogen-bond donors (Lipinski definition) is 0. The molecule has 0 fully saturated rings. The average Bonchev–Trinajstić information content (AvgIpc) is 2.30. The van der Waals surface area contributed by atoms with Crippen LogP contribution in [0.25, 0.3) is 11.4 Å². The molecule has 0 aliphatic heterocycles. The van der Waals surface area contributed by atoms with Gasteiger partial charge in [0.1, 0.15) is 5.69 Å². The Bertz CT molecular complexity index is 460. The van der Waals surface area contributed by atoms with Gasteiger partial charge in [-0.1, -0.05) is 11.6 Å². The SMILES string of the molecule is COc1nccnc1-c1ccc(Cl)nn1. The van der Waals surface area contributed by atoms with E-state index in [4.69, 9.17) is 16.3 Å². The van der Waals surface area contributed by atoms with Crippen LogP contribution in [0.3, 0.4) is 0 Å². The Morgan fingerprint density at radius 3 is 2.60 bits per heavy atom. The topological polar surface area (TPSA) is 60.8 Å². The van der Waals surface area contributed by atoms with Crippen LogP contribution in [0.1, 0.15) is 0 Å². The fourth-order valence-electron chi connectivity index (χ4n) is 1.09. The molecule has 0 saturated heterocycles. The fourth-order valence-corrected chi connectivity index (χ4v) is 1.19. The van der Waals surface area contributed by atoms with Gasteiger partial charge in [-0.2, -0.15) is 0 Å². The summed E-state index contributed by atoms with van der Waals surface area (Å²) in [6, 6.07) is 3.35. The molecule has 0 saturated carbocycles. The first-order valence-corrected chi connectivity index (χ1v) is 4.53. The van der Waals surface area contributed by atoms with Crippen LogP contribution in [0, 0.1) is 0 Å². The van der Waals surface area contributed by atoms with Crippen molar-refractivity contribution in [1.29, 1.82) is 0 Å². The van der Waals surface area contributed by atoms with E-state index in [1.54, 1.807) is 24.5 Å². The van der Waals surface area contributed by atoms with Crippen molar-refractivity contribution in [1.82, 2.24) is 20.2 Å². The standard InChI is InChI=1S/C9H7ClN4O/c1-15-9-8(11-4-5-12-9)6-2-3-7(10)14-13-6/h2-5H,1H3. The lowest BCUT2D eigenvalue weighted by molar-refractivity contribution is 0.397. The van der Waals surface area contributed by atoms with Gasteiger partial charge >= 0.3 is 0 Å². The lowest BCUT2D eigenvalue weighted by Gasteiger charge is -2.03. The van der Waals surface area contributed by atoms with Crippen molar-refractivity contribution < 1.29 is 4.74 Å². The van der Waals surface area contributed by atoms with E-state index in [1.165, 1.54) is 7.11 Å². The van der Waals surface area contributed by atoms with Crippen LogP contribution in [0.4, 0.5) is 0 Å². The zero-order valence-electron chi connectivity index (χ0n) is 7.88. The van der Waals surface area contributed by atoms with Crippen molar-refractivity contribution in [3.8, 4) is 17.3 Å². The lowest BCUT2D eigenvalue weighted by atomic mass is 10.3. The molecule has 0 radical (unpaired) electrons. The quantitative estimate of drug-likeness (QED) is 0.772. The Morgan fingerprint density at radius 2 is 1.93 bits per heavy atom. The molecule has 2 heterocycles. The molecule has 0 aromatic carbocycles. The molecule has 6 heteroatoms. The van der Waals surface area contributed by atoms with Crippen molar-refractivity contribution in [3.05, 3.63) is 29.7 Å². The fraction of sp³-hybridized carbons (Fsp3) is 0.111. The second-order valence-electron chi connectivity index (χ2n) is 2.66. The Morgan fingerprint density at radius 1 is 1.13 bits per heavy atom. The second-order valence-corrected chi connectivity index (χ2v) is 3.04. The van der Waals surface area contributed by atoms with Crippen molar-refractivity contribution in [2.45, 2.75) is 0 Å². The molecule has 0 aliphatic carbocycles. The number of ether oxygens (including phenoxy) is 1. The molecule has 0 bridgehead atoms. The van der Waals surface area contributed by atoms with Crippen LogP contribution in [0.15, 0.2) is 24.5 Å². The van der Waals surface area contributed by atoms with Crippen molar-refractivity contribution in [2.75, 3.05) is 7.11 Å². The minimum Gasteiger partial charge on any atom is -0.479 e. The minimum atomic E-state index is 0.335. The van der Waals surface area contributed by atoms with Gasteiger partial charge in [-0.05, 0) is 12.1 Å². The summed E-state index contributed by atoms with van der Waals surface area (Å²) >= 11 is 5.63. The largest absolute Gasteiger partial charge is 0.479 e. The monoisotopic (exact) mass is 222 g/mol. The number of nitrogens with zero attached hydrogens (tertiary/aromatic N) is 4. The maximum absolute atomic E-state index is 5.63. The highest BCUT2D eigenvalue weighted by molar-refractivity contribution is 6.29. The Kier molecular flexibility index (Phi) is 2.73. The van der Waals surface area contributed by atoms with Crippen LogP contribution < -0.4 is 4.74 Å². The molecule has 2 aromatic heterocycles. The van der Waals surface area contributed by atoms with E-state index in [-0.39, 0.29) is 0 Å². The Balaban J connectivity index is 2.49. The number of halogens is 1. The predicted octanol–water partition coefficient (Wildman–Crippen LogP) is 1.60. The van der Waals surface area contributed by atoms with Crippen LogP contribution in [-0.4, -0.2) is 27.3 Å². The second kappa shape index (κ2) is 4.18. The molecular formula is C9H7ClN4O. The third-order valence-electron chi connectivity index (χ3n) is 1.73. The molecule has 0 atom stereocenters. The van der Waals surface area contributed by atoms with Gasteiger partial charge in [-0.15, -0.1) is 10.2 Å². The molecule has 0 spiro atoms. The number of hydrogen-bond acceptors (Lipinski definition) is 5. The summed E-state index contributed by atoms with van der Waals surface area (Å²) in [6.07, 6.45) is 3.11. The summed E-state index contributed by atoms with van der Waals surface area (Å²) in [5.41, 5.74) is 1.12. The van der Waals surface area contributed by atoms with Crippen molar-refractivity contribution in [3.63, 3.8) is 0 Å². The minimum absolute atomic E-state index is 0.335. The highest BCUT2D eigenvalue weighted by Gasteiger charge is 2.09. The summed E-state index contributed by atoms with van der Waals surface area (Å²) in [5, 5.41) is 7.95. The molecule has 2 rings (SSSR count). The van der Waals surface area contributed by atoms with E-state index in [1.807, 2.05) is 0 Å². The van der Waals surface area contributed by atoms with E-state index >= 15 is 0 Å². The Labute approximate surface area is 91.1 Å². The summed E-state index contributed by atoms with van der Waals surface area (Å²) in [6.45, 7) is 0. The van der Waals surface area contributed by atoms with E-state index in [2.05, 4.69) is 20.2 Å². The molecular weight excluding hydrogens is 216 g/mol. The lowest BCUT2D eigenvalue weighted by Crippen LogP contribution is -1.96. The summed E-state index contributed by atoms with van der Waals surface area (Å²) in [5.74, 6) is 0.411. The van der Waals surface area contributed by atoms with Gasteiger partial charge in [0, 0.05) is 12.4 Å². The van der Waals surface area contributed by atoms with Crippen LogP contribution in [-0.2, 0) is 0 Å². The zero-order chi connectivity index (χ0) is 10.7. The number of methoxy groups -OCH3 is 1. The first kappa shape index (κ1) is 9.79. The van der Waals surface area contributed by atoms with E-state index < -0.39 is 0 Å². The average molecular weight is 223 g/mol. The highest BCUT2D eigenvalue weighted by Crippen LogP contribution is 2.22. The molecule has 0 amide bonds. The summed E-state index contributed by atoms with van der Waals surface area (Å²) in [7, 11) is 1.52. The van der Waals surface area contributed by atoms with Crippen molar-refractivity contribution in [2.24, 2.45) is 0 Å². The van der Waals surface area contributed by atoms with Crippen LogP contribution in [0.5, 0.6) is 5.88 Å². The van der Waals surface area contributed by atoms with Gasteiger partial charge < -0.3 is 4.74 Å². The zero-order valence-corrected chi connectivity index (χ0v) is 8.64. The molecule has 76 valence electrons. The third kappa shape index (κ3) is 2.02. The van der Waals surface area contributed by atoms with E-state index in [9.17, 15) is 0 Å². The van der Waals surface area contributed by atoms with Crippen LogP contribution >= 0.6 is 11.6 Å². The molecule has 2 aromatic rings. The van der Waals surface area contributed by atoms with E-state index in [0.717, 1.165) is 0 Å². The maximum atomic E-state index is 5.63. The Hall–Kier alpha value is -1.75. The van der Waals surface area contributed by atoms with Gasteiger partial charge in [-0.25, -0.2) is 9.97 Å². The van der Waals surface area contributed by atoms with Gasteiger partial charge in [0.2, 0.25) is 5.88 Å². The maximum Gasteiger partial charge on any atom is 0.242 e. The van der Waals surface area contributed by atoms with Crippen LogP contribution in [0.2, 0.25) is 5.15 Å². The number of aromatic nitrogens is 4. The smallest absolute Gasteiger partial charge is 0.242 e. The third-order valence-corrected chi connectivity index (χ3v) is 1.93. The summed E-state index contributed by atoms with van der Waals surface area (Å²) < 4.78 is 5.06. The van der Waals surface area contributed by atoms with Gasteiger partial charge in [0.25, 0.3) is 0 Å². The van der Waals surface area contributed by atoms with Crippen molar-refractivity contribution >= 4 is 11.6 Å². The number of rotatable bonds is 2. The predicted molar refractivity (Wildman–Crippen MR) is 54.6 cm³/mol. The molecule has 5 nitrogen and oxygen atoms in total. The molecule has 15 heavy (non-hydrogen) atoms. The van der Waals surface area contributed by atoms with Gasteiger partial charge in [0.15, 0.2) is 10.8 Å². The van der Waals surface area contributed by atoms with Gasteiger partial charge in [0.05, 0.1) is 7.11 Å². The normalized spacial score (nSPS) is 10.0. The molecule has 0 N–H and O–H groups in total. The first-order chi connectivity index (χ1) is 7.31. The van der Waals surface area contributed by atoms with E-state index in [0.29, 0.717) is 22.4 Å². The highest BCUT2D eigenvalue weighted by atomic mass is 35.5. The first-order valence-electron chi connectivity index (χ1n) is 4.16. The molecule has 0 aliphatic rings. The summed E-state index contributed by atoms with van der Waals surface area (Å²) in [4.78, 5) is 8.13. The van der Waals surface area contributed by atoms with Gasteiger partial charge in [-0.3, -0.25) is 0 Å².